The molecule has 0 aromatic heterocycles. The largest absolute Gasteiger partial charge is 0.489 e. The maximum absolute atomic E-state index is 12.9. The van der Waals surface area contributed by atoms with Crippen molar-refractivity contribution in [2.75, 3.05) is 0 Å². The molecule has 0 aliphatic rings. The fourth-order valence-electron chi connectivity index (χ4n) is 2.33. The van der Waals surface area contributed by atoms with Crippen LogP contribution >= 0.6 is 11.6 Å². The van der Waals surface area contributed by atoms with Crippen LogP contribution in [0.2, 0.25) is 0 Å². The highest BCUT2D eigenvalue weighted by Gasteiger charge is 2.08. The maximum Gasteiger partial charge on any atom is 0.124 e. The Morgan fingerprint density at radius 1 is 0.905 bits per heavy atom. The summed E-state index contributed by atoms with van der Waals surface area (Å²) < 4.78 is 18.7. The Balaban J connectivity index is 1.88. The molecule has 0 spiro atoms. The summed E-state index contributed by atoms with van der Waals surface area (Å²) in [5.41, 5.74) is 1.90. The van der Waals surface area contributed by atoms with Crippen molar-refractivity contribution < 1.29 is 9.13 Å². The summed E-state index contributed by atoms with van der Waals surface area (Å²) in [6.07, 6.45) is 0. The van der Waals surface area contributed by atoms with Gasteiger partial charge in [-0.25, -0.2) is 4.39 Å². The third-order valence-electron chi connectivity index (χ3n) is 3.44. The van der Waals surface area contributed by atoms with Gasteiger partial charge in [-0.2, -0.15) is 0 Å². The van der Waals surface area contributed by atoms with Crippen molar-refractivity contribution in [3.63, 3.8) is 0 Å². The van der Waals surface area contributed by atoms with Gasteiger partial charge in [-0.05, 0) is 34.5 Å². The van der Waals surface area contributed by atoms with Crippen LogP contribution in [0.1, 0.15) is 11.1 Å². The molecule has 0 atom stereocenters. The summed E-state index contributed by atoms with van der Waals surface area (Å²) in [6.45, 7) is 0.391. The molecule has 0 aliphatic carbocycles. The Kier molecular flexibility index (Phi) is 4.07. The van der Waals surface area contributed by atoms with Gasteiger partial charge in [-0.3, -0.25) is 0 Å². The van der Waals surface area contributed by atoms with E-state index in [0.29, 0.717) is 12.5 Å². The first-order valence-corrected chi connectivity index (χ1v) is 7.25. The van der Waals surface area contributed by atoms with E-state index in [1.807, 2.05) is 30.3 Å². The van der Waals surface area contributed by atoms with Gasteiger partial charge in [0.05, 0.1) is 5.88 Å². The number of hydrogen-bond acceptors (Lipinski definition) is 1. The van der Waals surface area contributed by atoms with Crippen molar-refractivity contribution >= 4 is 22.4 Å². The molecule has 0 saturated carbocycles. The predicted octanol–water partition coefficient (Wildman–Crippen LogP) is 5.30. The molecule has 3 aromatic carbocycles. The second kappa shape index (κ2) is 6.15. The molecule has 0 fully saturated rings. The molecule has 106 valence electrons. The fraction of sp³-hybridized carbons (Fsp3) is 0.111. The average molecular weight is 301 g/mol. The van der Waals surface area contributed by atoms with Crippen LogP contribution in [-0.4, -0.2) is 0 Å². The summed E-state index contributed by atoms with van der Waals surface area (Å²) in [5, 5.41) is 2.24. The third kappa shape index (κ3) is 3.01. The molecule has 3 aromatic rings. The molecule has 1 nitrogen and oxygen atoms in total. The quantitative estimate of drug-likeness (QED) is 0.594. The van der Waals surface area contributed by atoms with E-state index < -0.39 is 0 Å². The Bertz CT molecular complexity index is 753. The molecule has 21 heavy (non-hydrogen) atoms. The fourth-order valence-corrected chi connectivity index (χ4v) is 2.61. The molecule has 0 radical (unpaired) electrons. The number of alkyl halides is 1. The number of fused-ring (bicyclic) bond motifs is 1. The molecule has 0 unspecified atom stereocenters. The molecular formula is C18H14ClFO. The van der Waals surface area contributed by atoms with E-state index in [-0.39, 0.29) is 5.82 Å². The predicted molar refractivity (Wildman–Crippen MR) is 84.2 cm³/mol. The molecule has 3 rings (SSSR count). The van der Waals surface area contributed by atoms with Gasteiger partial charge in [0, 0.05) is 5.56 Å². The average Bonchev–Trinajstić information content (AvgIpc) is 2.53. The molecule has 0 aliphatic heterocycles. The summed E-state index contributed by atoms with van der Waals surface area (Å²) in [7, 11) is 0. The van der Waals surface area contributed by atoms with Gasteiger partial charge in [-0.1, -0.05) is 42.5 Å². The van der Waals surface area contributed by atoms with Crippen LogP contribution in [0, 0.1) is 5.82 Å². The second-order valence-corrected chi connectivity index (χ2v) is 5.08. The summed E-state index contributed by atoms with van der Waals surface area (Å²) >= 11 is 6.08. The maximum atomic E-state index is 12.9. The number of ether oxygens (including phenoxy) is 1. The van der Waals surface area contributed by atoms with E-state index in [9.17, 15) is 4.39 Å². The lowest BCUT2D eigenvalue weighted by molar-refractivity contribution is 0.304. The lowest BCUT2D eigenvalue weighted by Crippen LogP contribution is -1.98. The van der Waals surface area contributed by atoms with E-state index in [1.54, 1.807) is 12.1 Å². The van der Waals surface area contributed by atoms with Gasteiger partial charge in [0.15, 0.2) is 0 Å². The molecule has 0 amide bonds. The Labute approximate surface area is 127 Å². The highest BCUT2D eigenvalue weighted by Crippen LogP contribution is 2.30. The van der Waals surface area contributed by atoms with E-state index in [2.05, 4.69) is 6.07 Å². The Morgan fingerprint density at radius 2 is 1.67 bits per heavy atom. The van der Waals surface area contributed by atoms with Crippen molar-refractivity contribution in [2.24, 2.45) is 0 Å². The zero-order chi connectivity index (χ0) is 14.7. The van der Waals surface area contributed by atoms with Gasteiger partial charge in [0.2, 0.25) is 0 Å². The first-order chi connectivity index (χ1) is 10.3. The molecule has 0 saturated heterocycles. The number of halogens is 2. The van der Waals surface area contributed by atoms with Gasteiger partial charge in [0.25, 0.3) is 0 Å². The number of hydrogen-bond donors (Lipinski definition) is 0. The number of benzene rings is 3. The minimum atomic E-state index is -0.245. The minimum Gasteiger partial charge on any atom is -0.489 e. The lowest BCUT2D eigenvalue weighted by Gasteiger charge is -2.12. The highest BCUT2D eigenvalue weighted by atomic mass is 35.5. The minimum absolute atomic E-state index is 0.245. The van der Waals surface area contributed by atoms with Crippen LogP contribution in [-0.2, 0) is 12.5 Å². The van der Waals surface area contributed by atoms with Crippen molar-refractivity contribution in [1.82, 2.24) is 0 Å². The summed E-state index contributed by atoms with van der Waals surface area (Å²) in [5.74, 6) is 0.916. The smallest absolute Gasteiger partial charge is 0.124 e. The van der Waals surface area contributed by atoms with E-state index in [0.717, 1.165) is 27.6 Å². The summed E-state index contributed by atoms with van der Waals surface area (Å²) in [6, 6.07) is 18.3. The van der Waals surface area contributed by atoms with Crippen LogP contribution < -0.4 is 4.74 Å². The van der Waals surface area contributed by atoms with Crippen molar-refractivity contribution in [3.05, 3.63) is 77.6 Å². The van der Waals surface area contributed by atoms with Crippen LogP contribution in [0.4, 0.5) is 4.39 Å². The van der Waals surface area contributed by atoms with Gasteiger partial charge in [0.1, 0.15) is 18.2 Å². The molecule has 0 bridgehead atoms. The van der Waals surface area contributed by atoms with Crippen LogP contribution in [0.5, 0.6) is 5.75 Å². The topological polar surface area (TPSA) is 9.23 Å². The normalized spacial score (nSPS) is 10.8. The Morgan fingerprint density at radius 3 is 2.43 bits per heavy atom. The third-order valence-corrected chi connectivity index (χ3v) is 3.71. The van der Waals surface area contributed by atoms with Crippen molar-refractivity contribution in [2.45, 2.75) is 12.5 Å². The van der Waals surface area contributed by atoms with Crippen LogP contribution in [0.25, 0.3) is 10.8 Å². The molecule has 0 heterocycles. The lowest BCUT2D eigenvalue weighted by atomic mass is 10.0. The van der Waals surface area contributed by atoms with Gasteiger partial charge >= 0.3 is 0 Å². The standard InChI is InChI=1S/C18H14ClFO/c19-11-17-16-4-2-1-3-14(16)7-10-18(17)21-12-13-5-8-15(20)9-6-13/h1-10H,11-12H2. The second-order valence-electron chi connectivity index (χ2n) is 4.81. The zero-order valence-electron chi connectivity index (χ0n) is 11.4. The molecule has 3 heteroatoms. The van der Waals surface area contributed by atoms with E-state index >= 15 is 0 Å². The molecule has 0 N–H and O–H groups in total. The number of rotatable bonds is 4. The first kappa shape index (κ1) is 13.9. The van der Waals surface area contributed by atoms with Crippen molar-refractivity contribution in [3.8, 4) is 5.75 Å². The highest BCUT2D eigenvalue weighted by molar-refractivity contribution is 6.18. The van der Waals surface area contributed by atoms with Crippen LogP contribution in [0.15, 0.2) is 60.7 Å². The zero-order valence-corrected chi connectivity index (χ0v) is 12.1. The van der Waals surface area contributed by atoms with Gasteiger partial charge < -0.3 is 4.74 Å². The SMILES string of the molecule is Fc1ccc(COc2ccc3ccccc3c2CCl)cc1. The monoisotopic (exact) mass is 300 g/mol. The summed E-state index contributed by atoms with van der Waals surface area (Å²) in [4.78, 5) is 0. The molecular weight excluding hydrogens is 287 g/mol. The van der Waals surface area contributed by atoms with Crippen molar-refractivity contribution in [1.29, 1.82) is 0 Å². The van der Waals surface area contributed by atoms with Crippen LogP contribution in [0.3, 0.4) is 0 Å². The van der Waals surface area contributed by atoms with E-state index in [1.165, 1.54) is 12.1 Å². The van der Waals surface area contributed by atoms with Gasteiger partial charge in [-0.15, -0.1) is 11.6 Å². The first-order valence-electron chi connectivity index (χ1n) is 6.72. The Hall–Kier alpha value is -2.06. The van der Waals surface area contributed by atoms with E-state index in [4.69, 9.17) is 16.3 Å².